The first kappa shape index (κ1) is 26.7. The van der Waals surface area contributed by atoms with Crippen LogP contribution in [0.4, 0.5) is 5.69 Å². The average molecular weight is 540 g/mol. The number of ether oxygens (including phenoxy) is 1. The highest BCUT2D eigenvalue weighted by Crippen LogP contribution is 2.25. The van der Waals surface area contributed by atoms with Crippen LogP contribution in [0.1, 0.15) is 24.5 Å². The normalized spacial score (nSPS) is 12.1. The van der Waals surface area contributed by atoms with E-state index in [1.54, 1.807) is 50.4 Å². The summed E-state index contributed by atoms with van der Waals surface area (Å²) in [7, 11) is -0.714. The number of methoxy groups -OCH3 is 1. The Hall–Kier alpha value is -2.59. The van der Waals surface area contributed by atoms with Crippen molar-refractivity contribution < 1.29 is 22.7 Å². The second kappa shape index (κ2) is 11.5. The number of nitrogens with zero attached hydrogens (tertiary/aromatic N) is 2. The lowest BCUT2D eigenvalue weighted by molar-refractivity contribution is -0.140. The summed E-state index contributed by atoms with van der Waals surface area (Å²) < 4.78 is 32.4. The largest absolute Gasteiger partial charge is 0.497 e. The molecule has 0 bridgehead atoms. The summed E-state index contributed by atoms with van der Waals surface area (Å²) in [5.74, 6) is -0.186. The summed E-state index contributed by atoms with van der Waals surface area (Å²) in [6.07, 6.45) is 1.42. The van der Waals surface area contributed by atoms with Crippen LogP contribution in [0.2, 0.25) is 0 Å². The number of hydrogen-bond donors (Lipinski definition) is 1. The van der Waals surface area contributed by atoms with Gasteiger partial charge in [-0.25, -0.2) is 8.42 Å². The molecule has 33 heavy (non-hydrogen) atoms. The number of carbonyl (C=O) groups is 2. The minimum absolute atomic E-state index is 0.124. The predicted molar refractivity (Wildman–Crippen MR) is 133 cm³/mol. The summed E-state index contributed by atoms with van der Waals surface area (Å²) in [6.45, 7) is 3.33. The predicted octanol–water partition coefficient (Wildman–Crippen LogP) is 3.09. The third kappa shape index (κ3) is 6.94. The Morgan fingerprint density at radius 3 is 2.42 bits per heavy atom. The van der Waals surface area contributed by atoms with E-state index in [9.17, 15) is 18.0 Å². The van der Waals surface area contributed by atoms with Crippen LogP contribution in [0, 0.1) is 6.92 Å². The molecule has 0 heterocycles. The van der Waals surface area contributed by atoms with Crippen LogP contribution in [0.15, 0.2) is 46.9 Å². The van der Waals surface area contributed by atoms with Crippen molar-refractivity contribution in [3.8, 4) is 5.75 Å². The van der Waals surface area contributed by atoms with E-state index in [0.29, 0.717) is 17.9 Å². The lowest BCUT2D eigenvalue weighted by atomic mass is 10.1. The number of anilines is 1. The molecule has 0 aliphatic carbocycles. The van der Waals surface area contributed by atoms with Gasteiger partial charge in [-0.2, -0.15) is 0 Å². The van der Waals surface area contributed by atoms with Crippen molar-refractivity contribution in [2.45, 2.75) is 32.9 Å². The van der Waals surface area contributed by atoms with Gasteiger partial charge in [0.2, 0.25) is 21.8 Å². The number of halogens is 1. The Bertz CT molecular complexity index is 1110. The molecule has 1 atom stereocenters. The van der Waals surface area contributed by atoms with E-state index in [-0.39, 0.29) is 12.5 Å². The van der Waals surface area contributed by atoms with Gasteiger partial charge >= 0.3 is 0 Å². The van der Waals surface area contributed by atoms with Crippen LogP contribution in [0.25, 0.3) is 0 Å². The van der Waals surface area contributed by atoms with Gasteiger partial charge in [0.05, 0.1) is 19.1 Å². The highest BCUT2D eigenvalue weighted by atomic mass is 79.9. The Morgan fingerprint density at radius 1 is 1.18 bits per heavy atom. The van der Waals surface area contributed by atoms with Gasteiger partial charge < -0.3 is 15.0 Å². The second-order valence-corrected chi connectivity index (χ2v) is 10.4. The van der Waals surface area contributed by atoms with Gasteiger partial charge in [0, 0.05) is 18.1 Å². The first-order valence-corrected chi connectivity index (χ1v) is 13.0. The van der Waals surface area contributed by atoms with Gasteiger partial charge in [0.25, 0.3) is 0 Å². The lowest BCUT2D eigenvalue weighted by Gasteiger charge is -2.32. The molecule has 1 N–H and O–H groups in total. The Balaban J connectivity index is 2.45. The van der Waals surface area contributed by atoms with Crippen molar-refractivity contribution in [1.82, 2.24) is 10.2 Å². The standard InChI is InChI=1S/C23H30BrN3O5S/c1-6-21(23(29)25-3)26(14-17-8-7-9-19(13-17)32-4)22(28)15-27(33(5,30)31)18-10-11-20(24)16(2)12-18/h7-13,21H,6,14-15H2,1-5H3,(H,25,29). The zero-order chi connectivity index (χ0) is 24.8. The smallest absolute Gasteiger partial charge is 0.244 e. The highest BCUT2D eigenvalue weighted by molar-refractivity contribution is 9.10. The molecule has 2 aromatic carbocycles. The number of benzene rings is 2. The molecule has 0 radical (unpaired) electrons. The van der Waals surface area contributed by atoms with E-state index in [4.69, 9.17) is 4.74 Å². The minimum Gasteiger partial charge on any atom is -0.497 e. The number of hydrogen-bond acceptors (Lipinski definition) is 5. The van der Waals surface area contributed by atoms with Crippen LogP contribution in [0.3, 0.4) is 0 Å². The number of carbonyl (C=O) groups excluding carboxylic acids is 2. The molecule has 0 saturated carbocycles. The third-order valence-electron chi connectivity index (χ3n) is 5.23. The first-order chi connectivity index (χ1) is 15.5. The zero-order valence-electron chi connectivity index (χ0n) is 19.5. The van der Waals surface area contributed by atoms with Crippen molar-refractivity contribution in [3.63, 3.8) is 0 Å². The Morgan fingerprint density at radius 2 is 1.88 bits per heavy atom. The van der Waals surface area contributed by atoms with Gasteiger partial charge in [0.15, 0.2) is 0 Å². The maximum absolute atomic E-state index is 13.5. The quantitative estimate of drug-likeness (QED) is 0.500. The lowest BCUT2D eigenvalue weighted by Crippen LogP contribution is -2.51. The minimum atomic E-state index is -3.77. The molecular formula is C23H30BrN3O5S. The fourth-order valence-corrected chi connectivity index (χ4v) is 4.54. The molecular weight excluding hydrogens is 510 g/mol. The van der Waals surface area contributed by atoms with E-state index in [1.807, 2.05) is 13.0 Å². The van der Waals surface area contributed by atoms with Crippen LogP contribution in [-0.2, 0) is 26.2 Å². The van der Waals surface area contributed by atoms with E-state index < -0.39 is 28.5 Å². The molecule has 0 aliphatic rings. The Kier molecular flexibility index (Phi) is 9.30. The zero-order valence-corrected chi connectivity index (χ0v) is 21.9. The average Bonchev–Trinajstić information content (AvgIpc) is 2.78. The van der Waals surface area contributed by atoms with Crippen molar-refractivity contribution in [1.29, 1.82) is 0 Å². The molecule has 10 heteroatoms. The van der Waals surface area contributed by atoms with Crippen molar-refractivity contribution >= 4 is 43.5 Å². The number of nitrogens with one attached hydrogen (secondary N) is 1. The third-order valence-corrected chi connectivity index (χ3v) is 7.26. The second-order valence-electron chi connectivity index (χ2n) is 7.61. The molecule has 2 rings (SSSR count). The fraction of sp³-hybridized carbons (Fsp3) is 0.391. The summed E-state index contributed by atoms with van der Waals surface area (Å²) in [4.78, 5) is 27.5. The topological polar surface area (TPSA) is 96.0 Å². The fourth-order valence-electron chi connectivity index (χ4n) is 3.45. The van der Waals surface area contributed by atoms with E-state index in [0.717, 1.165) is 26.2 Å². The maximum Gasteiger partial charge on any atom is 0.244 e. The molecule has 2 amide bonds. The molecule has 1 unspecified atom stereocenters. The van der Waals surface area contributed by atoms with E-state index >= 15 is 0 Å². The van der Waals surface area contributed by atoms with E-state index in [1.165, 1.54) is 11.9 Å². The maximum atomic E-state index is 13.5. The first-order valence-electron chi connectivity index (χ1n) is 10.4. The SMILES string of the molecule is CCC(C(=O)NC)N(Cc1cccc(OC)c1)C(=O)CN(c1ccc(Br)c(C)c1)S(C)(=O)=O. The van der Waals surface area contributed by atoms with Crippen molar-refractivity contribution in [2.75, 3.05) is 31.3 Å². The number of aryl methyl sites for hydroxylation is 1. The van der Waals surface area contributed by atoms with Crippen molar-refractivity contribution in [3.05, 3.63) is 58.1 Å². The van der Waals surface area contributed by atoms with Gasteiger partial charge in [-0.15, -0.1) is 0 Å². The van der Waals surface area contributed by atoms with E-state index in [2.05, 4.69) is 21.2 Å². The summed E-state index contributed by atoms with van der Waals surface area (Å²) in [5.41, 5.74) is 1.97. The summed E-state index contributed by atoms with van der Waals surface area (Å²) in [6, 6.07) is 11.5. The molecule has 0 fully saturated rings. The van der Waals surface area contributed by atoms with Crippen LogP contribution >= 0.6 is 15.9 Å². The molecule has 0 saturated heterocycles. The number of likely N-dealkylation sites (N-methyl/N-ethyl adjacent to an activating group) is 1. The molecule has 180 valence electrons. The van der Waals surface area contributed by atoms with Gasteiger partial charge in [-0.3, -0.25) is 13.9 Å². The number of amides is 2. The Labute approximate surface area is 204 Å². The van der Waals surface area contributed by atoms with Gasteiger partial charge in [0.1, 0.15) is 18.3 Å². The van der Waals surface area contributed by atoms with Crippen LogP contribution in [-0.4, -0.2) is 58.1 Å². The number of sulfonamides is 1. The number of rotatable bonds is 10. The van der Waals surface area contributed by atoms with Gasteiger partial charge in [-0.05, 0) is 54.8 Å². The summed E-state index contributed by atoms with van der Waals surface area (Å²) >= 11 is 3.41. The molecule has 8 nitrogen and oxygen atoms in total. The molecule has 2 aromatic rings. The van der Waals surface area contributed by atoms with Crippen LogP contribution < -0.4 is 14.4 Å². The van der Waals surface area contributed by atoms with Gasteiger partial charge in [-0.1, -0.05) is 35.0 Å². The highest BCUT2D eigenvalue weighted by Gasteiger charge is 2.31. The summed E-state index contributed by atoms with van der Waals surface area (Å²) in [5, 5.41) is 2.59. The molecule has 0 aromatic heterocycles. The van der Waals surface area contributed by atoms with Crippen molar-refractivity contribution in [2.24, 2.45) is 0 Å². The molecule has 0 aliphatic heterocycles. The monoisotopic (exact) mass is 539 g/mol. The molecule has 0 spiro atoms. The van der Waals surface area contributed by atoms with Crippen LogP contribution in [0.5, 0.6) is 5.75 Å².